The Morgan fingerprint density at radius 2 is 2.08 bits per heavy atom. The van der Waals surface area contributed by atoms with Crippen molar-refractivity contribution in [3.05, 3.63) is 22.8 Å². The largest absolute Gasteiger partial charge is 0.508 e. The van der Waals surface area contributed by atoms with Crippen LogP contribution in [0.3, 0.4) is 0 Å². The number of phenols is 2. The van der Waals surface area contributed by atoms with Gasteiger partial charge in [-0.15, -0.1) is 0 Å². The molecule has 4 nitrogen and oxygen atoms in total. The van der Waals surface area contributed by atoms with E-state index in [1.165, 1.54) is 6.07 Å². The highest BCUT2D eigenvalue weighted by Gasteiger charge is 2.28. The van der Waals surface area contributed by atoms with Gasteiger partial charge in [-0.2, -0.15) is 0 Å². The Kier molecular flexibility index (Phi) is 1.45. The summed E-state index contributed by atoms with van der Waals surface area (Å²) >= 11 is 0. The Morgan fingerprint density at radius 1 is 1.38 bits per heavy atom. The molecule has 0 unspecified atom stereocenters. The predicted octanol–water partition coefficient (Wildman–Crippen LogP) is 1.08. The first-order valence-electron chi connectivity index (χ1n) is 3.83. The lowest BCUT2D eigenvalue weighted by molar-refractivity contribution is 0.0533. The van der Waals surface area contributed by atoms with E-state index >= 15 is 0 Å². The highest BCUT2D eigenvalue weighted by atomic mass is 16.5. The van der Waals surface area contributed by atoms with E-state index in [9.17, 15) is 15.0 Å². The van der Waals surface area contributed by atoms with Crippen molar-refractivity contribution < 1.29 is 19.7 Å². The SMILES string of the molecule is Cc1c(O)cc(O)c2c1C(=O)OC2. The standard InChI is InChI=1S/C9H8O4/c1-4-6(10)2-7(11)5-3-13-9(12)8(4)5/h2,10-11H,3H2,1H3. The van der Waals surface area contributed by atoms with Gasteiger partial charge in [0.15, 0.2) is 0 Å². The number of hydrogen-bond donors (Lipinski definition) is 2. The number of rotatable bonds is 0. The van der Waals surface area contributed by atoms with Gasteiger partial charge in [0.2, 0.25) is 0 Å². The summed E-state index contributed by atoms with van der Waals surface area (Å²) in [4.78, 5) is 11.1. The molecule has 2 N–H and O–H groups in total. The highest BCUT2D eigenvalue weighted by molar-refractivity contribution is 5.96. The lowest BCUT2D eigenvalue weighted by atomic mass is 10.0. The fraction of sp³-hybridized carbons (Fsp3) is 0.222. The van der Waals surface area contributed by atoms with Crippen LogP contribution < -0.4 is 0 Å². The second-order valence-electron chi connectivity index (χ2n) is 2.97. The summed E-state index contributed by atoms with van der Waals surface area (Å²) in [6.45, 7) is 1.70. The number of phenolic OH excluding ortho intramolecular Hbond substituents is 2. The van der Waals surface area contributed by atoms with E-state index < -0.39 is 5.97 Å². The summed E-state index contributed by atoms with van der Waals surface area (Å²) in [5, 5.41) is 18.7. The zero-order valence-electron chi connectivity index (χ0n) is 7.00. The molecule has 4 heteroatoms. The number of cyclic esters (lactones) is 1. The van der Waals surface area contributed by atoms with Crippen LogP contribution in [0.5, 0.6) is 11.5 Å². The molecule has 2 rings (SSSR count). The van der Waals surface area contributed by atoms with Crippen molar-refractivity contribution >= 4 is 5.97 Å². The number of hydrogen-bond acceptors (Lipinski definition) is 4. The summed E-state index contributed by atoms with van der Waals surface area (Å²) in [5.74, 6) is -0.669. The normalized spacial score (nSPS) is 14.1. The van der Waals surface area contributed by atoms with Crippen LogP contribution in [-0.2, 0) is 11.3 Å². The molecule has 0 amide bonds. The van der Waals surface area contributed by atoms with Crippen molar-refractivity contribution in [1.82, 2.24) is 0 Å². The van der Waals surface area contributed by atoms with Crippen molar-refractivity contribution in [2.75, 3.05) is 0 Å². The van der Waals surface area contributed by atoms with Crippen LogP contribution in [0.15, 0.2) is 6.07 Å². The van der Waals surface area contributed by atoms with Gasteiger partial charge in [0.25, 0.3) is 0 Å². The molecule has 0 spiro atoms. The van der Waals surface area contributed by atoms with Crippen molar-refractivity contribution in [2.45, 2.75) is 13.5 Å². The molecule has 68 valence electrons. The van der Waals surface area contributed by atoms with Gasteiger partial charge in [-0.05, 0) is 6.92 Å². The lowest BCUT2D eigenvalue weighted by Gasteiger charge is -2.04. The molecule has 1 aliphatic rings. The molecule has 0 atom stereocenters. The number of benzene rings is 1. The van der Waals surface area contributed by atoms with Gasteiger partial charge < -0.3 is 14.9 Å². The Labute approximate surface area is 74.4 Å². The number of fused-ring (bicyclic) bond motifs is 1. The van der Waals surface area contributed by atoms with Crippen LogP contribution in [0, 0.1) is 6.92 Å². The molecule has 0 aromatic heterocycles. The molecule has 0 fully saturated rings. The molecule has 0 aliphatic carbocycles. The second kappa shape index (κ2) is 2.39. The average Bonchev–Trinajstić information content (AvgIpc) is 2.44. The lowest BCUT2D eigenvalue weighted by Crippen LogP contribution is -1.97. The van der Waals surface area contributed by atoms with E-state index in [0.29, 0.717) is 11.1 Å². The van der Waals surface area contributed by atoms with E-state index in [4.69, 9.17) is 4.74 Å². The van der Waals surface area contributed by atoms with Crippen LogP contribution in [0.25, 0.3) is 0 Å². The third kappa shape index (κ3) is 0.950. The number of aromatic hydroxyl groups is 2. The first-order valence-corrected chi connectivity index (χ1v) is 3.83. The van der Waals surface area contributed by atoms with E-state index in [1.807, 2.05) is 0 Å². The predicted molar refractivity (Wildman–Crippen MR) is 43.6 cm³/mol. The van der Waals surface area contributed by atoms with Gasteiger partial charge in [-0.3, -0.25) is 0 Å². The molecule has 1 aromatic carbocycles. The zero-order valence-corrected chi connectivity index (χ0v) is 7.00. The van der Waals surface area contributed by atoms with E-state index in [1.54, 1.807) is 6.92 Å². The van der Waals surface area contributed by atoms with Crippen molar-refractivity contribution in [2.24, 2.45) is 0 Å². The van der Waals surface area contributed by atoms with Gasteiger partial charge in [0.1, 0.15) is 18.1 Å². The van der Waals surface area contributed by atoms with Crippen molar-refractivity contribution in [3.63, 3.8) is 0 Å². The smallest absolute Gasteiger partial charge is 0.339 e. The van der Waals surface area contributed by atoms with Crippen LogP contribution in [0.2, 0.25) is 0 Å². The minimum atomic E-state index is -0.487. The molecular formula is C9H8O4. The fourth-order valence-corrected chi connectivity index (χ4v) is 1.44. The summed E-state index contributed by atoms with van der Waals surface area (Å²) in [7, 11) is 0. The van der Waals surface area contributed by atoms with Crippen LogP contribution in [0.1, 0.15) is 21.5 Å². The summed E-state index contributed by atoms with van der Waals surface area (Å²) in [6.07, 6.45) is 0. The van der Waals surface area contributed by atoms with Crippen molar-refractivity contribution in [1.29, 1.82) is 0 Å². The molecular weight excluding hydrogens is 172 g/mol. The molecule has 0 saturated heterocycles. The topological polar surface area (TPSA) is 66.8 Å². The highest BCUT2D eigenvalue weighted by Crippen LogP contribution is 2.35. The zero-order chi connectivity index (χ0) is 9.59. The van der Waals surface area contributed by atoms with Gasteiger partial charge in [-0.1, -0.05) is 0 Å². The molecule has 0 radical (unpaired) electrons. The number of ether oxygens (including phenoxy) is 1. The molecule has 0 saturated carbocycles. The summed E-state index contributed by atoms with van der Waals surface area (Å²) < 4.78 is 4.73. The van der Waals surface area contributed by atoms with Crippen LogP contribution in [-0.4, -0.2) is 16.2 Å². The van der Waals surface area contributed by atoms with Gasteiger partial charge in [0.05, 0.1) is 5.56 Å². The third-order valence-electron chi connectivity index (χ3n) is 2.20. The Bertz CT molecular complexity index is 395. The quantitative estimate of drug-likeness (QED) is 0.586. The number of carbonyl (C=O) groups excluding carboxylic acids is 1. The van der Waals surface area contributed by atoms with Crippen molar-refractivity contribution in [3.8, 4) is 11.5 Å². The van der Waals surface area contributed by atoms with Crippen LogP contribution in [0.4, 0.5) is 0 Å². The maximum atomic E-state index is 11.1. The Balaban J connectivity index is 2.77. The molecule has 1 heterocycles. The summed E-state index contributed by atoms with van der Waals surface area (Å²) in [6, 6.07) is 1.22. The molecule has 0 bridgehead atoms. The summed E-state index contributed by atoms with van der Waals surface area (Å²) in [5.41, 5.74) is 1.20. The van der Waals surface area contributed by atoms with E-state index in [-0.39, 0.29) is 23.7 Å². The minimum absolute atomic E-state index is 0.0844. The Hall–Kier alpha value is -1.71. The number of esters is 1. The monoisotopic (exact) mass is 180 g/mol. The van der Waals surface area contributed by atoms with E-state index in [2.05, 4.69) is 0 Å². The van der Waals surface area contributed by atoms with Gasteiger partial charge in [-0.25, -0.2) is 4.79 Å². The first-order chi connectivity index (χ1) is 6.11. The second-order valence-corrected chi connectivity index (χ2v) is 2.97. The maximum Gasteiger partial charge on any atom is 0.339 e. The third-order valence-corrected chi connectivity index (χ3v) is 2.20. The maximum absolute atomic E-state index is 11.1. The Morgan fingerprint density at radius 3 is 2.77 bits per heavy atom. The molecule has 13 heavy (non-hydrogen) atoms. The number of carbonyl (C=O) groups is 1. The van der Waals surface area contributed by atoms with Gasteiger partial charge >= 0.3 is 5.97 Å². The molecule has 1 aromatic rings. The van der Waals surface area contributed by atoms with E-state index in [0.717, 1.165) is 0 Å². The minimum Gasteiger partial charge on any atom is -0.508 e. The fourth-order valence-electron chi connectivity index (χ4n) is 1.44. The molecule has 1 aliphatic heterocycles. The van der Waals surface area contributed by atoms with Crippen LogP contribution >= 0.6 is 0 Å². The average molecular weight is 180 g/mol. The van der Waals surface area contributed by atoms with Gasteiger partial charge in [0, 0.05) is 17.2 Å². The first kappa shape index (κ1) is 7.91.